The van der Waals surface area contributed by atoms with E-state index in [0.717, 1.165) is 0 Å². The Labute approximate surface area is 92.1 Å². The van der Waals surface area contributed by atoms with Crippen molar-refractivity contribution in [2.75, 3.05) is 7.11 Å². The van der Waals surface area contributed by atoms with Crippen molar-refractivity contribution >= 4 is 11.6 Å². The SMILES string of the molecule is COc1cc(Cl)c(F)c(CC(C)O)c1O. The smallest absolute Gasteiger partial charge is 0.164 e. The van der Waals surface area contributed by atoms with Crippen LogP contribution in [0, 0.1) is 5.82 Å². The fraction of sp³-hybridized carbons (Fsp3) is 0.400. The highest BCUT2D eigenvalue weighted by Crippen LogP contribution is 2.36. The van der Waals surface area contributed by atoms with E-state index in [-0.39, 0.29) is 28.5 Å². The molecular weight excluding hydrogens is 223 g/mol. The van der Waals surface area contributed by atoms with E-state index in [2.05, 4.69) is 0 Å². The maximum atomic E-state index is 13.5. The summed E-state index contributed by atoms with van der Waals surface area (Å²) in [6.45, 7) is 1.49. The number of hydrogen-bond acceptors (Lipinski definition) is 3. The molecule has 0 aliphatic carbocycles. The summed E-state index contributed by atoms with van der Waals surface area (Å²) in [6.07, 6.45) is -0.789. The first kappa shape index (κ1) is 12.1. The number of aliphatic hydroxyl groups is 1. The first-order valence-electron chi connectivity index (χ1n) is 4.39. The number of rotatable bonds is 3. The molecule has 0 bridgehead atoms. The molecule has 5 heteroatoms. The highest BCUT2D eigenvalue weighted by atomic mass is 35.5. The summed E-state index contributed by atoms with van der Waals surface area (Å²) in [4.78, 5) is 0. The summed E-state index contributed by atoms with van der Waals surface area (Å²) < 4.78 is 18.3. The van der Waals surface area contributed by atoms with Crippen molar-refractivity contribution in [1.29, 1.82) is 0 Å². The van der Waals surface area contributed by atoms with Gasteiger partial charge in [-0.1, -0.05) is 11.6 Å². The lowest BCUT2D eigenvalue weighted by atomic mass is 10.1. The van der Waals surface area contributed by atoms with Gasteiger partial charge in [0.15, 0.2) is 11.5 Å². The quantitative estimate of drug-likeness (QED) is 0.842. The second kappa shape index (κ2) is 4.68. The predicted octanol–water partition coefficient (Wildman–Crippen LogP) is 2.12. The minimum absolute atomic E-state index is 0.0193. The zero-order chi connectivity index (χ0) is 11.6. The van der Waals surface area contributed by atoms with Gasteiger partial charge in [0.2, 0.25) is 0 Å². The topological polar surface area (TPSA) is 49.7 Å². The van der Waals surface area contributed by atoms with Crippen LogP contribution in [0.3, 0.4) is 0 Å². The summed E-state index contributed by atoms with van der Waals surface area (Å²) in [5.41, 5.74) is -0.0330. The van der Waals surface area contributed by atoms with E-state index in [4.69, 9.17) is 21.4 Å². The third-order valence-electron chi connectivity index (χ3n) is 1.97. The van der Waals surface area contributed by atoms with Crippen molar-refractivity contribution in [1.82, 2.24) is 0 Å². The maximum absolute atomic E-state index is 13.5. The van der Waals surface area contributed by atoms with E-state index in [1.807, 2.05) is 0 Å². The van der Waals surface area contributed by atoms with Crippen molar-refractivity contribution in [2.24, 2.45) is 0 Å². The fourth-order valence-electron chi connectivity index (χ4n) is 1.28. The molecule has 1 rings (SSSR count). The molecule has 0 amide bonds. The van der Waals surface area contributed by atoms with Gasteiger partial charge in [0.25, 0.3) is 0 Å². The van der Waals surface area contributed by atoms with Gasteiger partial charge in [-0.25, -0.2) is 4.39 Å². The largest absolute Gasteiger partial charge is 0.504 e. The Kier molecular flexibility index (Phi) is 3.77. The van der Waals surface area contributed by atoms with E-state index in [0.29, 0.717) is 0 Å². The van der Waals surface area contributed by atoms with Crippen LogP contribution in [0.1, 0.15) is 12.5 Å². The van der Waals surface area contributed by atoms with Crippen molar-refractivity contribution in [3.63, 3.8) is 0 Å². The lowest BCUT2D eigenvalue weighted by Crippen LogP contribution is -2.07. The molecule has 0 aromatic heterocycles. The van der Waals surface area contributed by atoms with Crippen molar-refractivity contribution in [2.45, 2.75) is 19.4 Å². The molecule has 0 fully saturated rings. The van der Waals surface area contributed by atoms with Gasteiger partial charge in [-0.2, -0.15) is 0 Å². The number of aromatic hydroxyl groups is 1. The lowest BCUT2D eigenvalue weighted by Gasteiger charge is -2.12. The van der Waals surface area contributed by atoms with Crippen LogP contribution in [0.2, 0.25) is 5.02 Å². The molecule has 2 N–H and O–H groups in total. The zero-order valence-electron chi connectivity index (χ0n) is 8.42. The Morgan fingerprint density at radius 3 is 2.67 bits per heavy atom. The number of methoxy groups -OCH3 is 1. The highest BCUT2D eigenvalue weighted by Gasteiger charge is 2.18. The number of aliphatic hydroxyl groups excluding tert-OH is 1. The molecule has 0 saturated carbocycles. The number of ether oxygens (including phenoxy) is 1. The molecule has 0 radical (unpaired) electrons. The van der Waals surface area contributed by atoms with Gasteiger partial charge in [0.05, 0.1) is 18.2 Å². The van der Waals surface area contributed by atoms with Gasteiger partial charge in [0, 0.05) is 18.1 Å². The molecule has 0 saturated heterocycles. The van der Waals surface area contributed by atoms with Gasteiger partial charge in [-0.15, -0.1) is 0 Å². The summed E-state index contributed by atoms with van der Waals surface area (Å²) >= 11 is 5.61. The summed E-state index contributed by atoms with van der Waals surface area (Å²) in [6, 6.07) is 1.19. The molecule has 1 aromatic carbocycles. The maximum Gasteiger partial charge on any atom is 0.164 e. The number of hydrogen-bond donors (Lipinski definition) is 2. The standard InChI is InChI=1S/C10H12ClFO3/c1-5(13)3-6-9(12)7(11)4-8(15-2)10(6)14/h4-5,13-14H,3H2,1-2H3. The second-order valence-corrected chi connectivity index (χ2v) is 3.66. The van der Waals surface area contributed by atoms with Crippen LogP contribution in [0.4, 0.5) is 4.39 Å². The molecule has 3 nitrogen and oxygen atoms in total. The average Bonchev–Trinajstić information content (AvgIpc) is 2.18. The predicted molar refractivity (Wildman–Crippen MR) is 55.0 cm³/mol. The van der Waals surface area contributed by atoms with E-state index in [1.54, 1.807) is 0 Å². The van der Waals surface area contributed by atoms with Crippen molar-refractivity contribution in [3.8, 4) is 11.5 Å². The van der Waals surface area contributed by atoms with Gasteiger partial charge in [-0.3, -0.25) is 0 Å². The molecule has 0 spiro atoms. The van der Waals surface area contributed by atoms with E-state index < -0.39 is 11.9 Å². The monoisotopic (exact) mass is 234 g/mol. The van der Waals surface area contributed by atoms with Crippen molar-refractivity contribution < 1.29 is 19.3 Å². The van der Waals surface area contributed by atoms with Gasteiger partial charge in [-0.05, 0) is 6.92 Å². The van der Waals surface area contributed by atoms with Crippen LogP contribution < -0.4 is 4.74 Å². The third-order valence-corrected chi connectivity index (χ3v) is 2.25. The Hall–Kier alpha value is -1.00. The van der Waals surface area contributed by atoms with E-state index in [9.17, 15) is 9.50 Å². The molecule has 15 heavy (non-hydrogen) atoms. The molecule has 1 atom stereocenters. The van der Waals surface area contributed by atoms with Crippen LogP contribution in [0.25, 0.3) is 0 Å². The van der Waals surface area contributed by atoms with E-state index in [1.165, 1.54) is 20.1 Å². The fourth-order valence-corrected chi connectivity index (χ4v) is 1.49. The van der Waals surface area contributed by atoms with Crippen LogP contribution >= 0.6 is 11.6 Å². The molecule has 0 aliphatic heterocycles. The van der Waals surface area contributed by atoms with Crippen LogP contribution in [-0.2, 0) is 6.42 Å². The molecule has 1 unspecified atom stereocenters. The van der Waals surface area contributed by atoms with Crippen LogP contribution in [0.5, 0.6) is 11.5 Å². The average molecular weight is 235 g/mol. The Morgan fingerprint density at radius 2 is 2.20 bits per heavy atom. The van der Waals surface area contributed by atoms with Gasteiger partial charge < -0.3 is 14.9 Å². The summed E-state index contributed by atoms with van der Waals surface area (Å²) in [5.74, 6) is -0.951. The van der Waals surface area contributed by atoms with Crippen LogP contribution in [-0.4, -0.2) is 23.4 Å². The van der Waals surface area contributed by atoms with E-state index >= 15 is 0 Å². The minimum Gasteiger partial charge on any atom is -0.504 e. The number of phenols is 1. The van der Waals surface area contributed by atoms with Crippen molar-refractivity contribution in [3.05, 3.63) is 22.5 Å². The number of phenolic OH excluding ortho intramolecular Hbond substituents is 1. The molecular formula is C10H12ClFO3. The Balaban J connectivity index is 3.27. The summed E-state index contributed by atoms with van der Waals surface area (Å²) in [5, 5.41) is 18.6. The Morgan fingerprint density at radius 1 is 1.60 bits per heavy atom. The highest BCUT2D eigenvalue weighted by molar-refractivity contribution is 6.31. The van der Waals surface area contributed by atoms with Gasteiger partial charge in [0.1, 0.15) is 5.82 Å². The minimum atomic E-state index is -0.770. The zero-order valence-corrected chi connectivity index (χ0v) is 9.18. The van der Waals surface area contributed by atoms with Crippen LogP contribution in [0.15, 0.2) is 6.07 Å². The first-order valence-corrected chi connectivity index (χ1v) is 4.77. The normalized spacial score (nSPS) is 12.6. The molecule has 84 valence electrons. The van der Waals surface area contributed by atoms with Gasteiger partial charge >= 0.3 is 0 Å². The summed E-state index contributed by atoms with van der Waals surface area (Å²) in [7, 11) is 1.34. The molecule has 1 aromatic rings. The number of halogens is 2. The second-order valence-electron chi connectivity index (χ2n) is 3.25. The molecule has 0 heterocycles. The number of benzene rings is 1. The first-order chi connectivity index (χ1) is 6.97. The Bertz CT molecular complexity index is 366. The third kappa shape index (κ3) is 2.52. The molecule has 0 aliphatic rings. The lowest BCUT2D eigenvalue weighted by molar-refractivity contribution is 0.192.